The minimum Gasteiger partial charge on any atom is -0.497 e. The Morgan fingerprint density at radius 1 is 1.33 bits per heavy atom. The maximum absolute atomic E-state index is 11.4. The third-order valence-corrected chi connectivity index (χ3v) is 2.24. The van der Waals surface area contributed by atoms with Crippen molar-refractivity contribution >= 4 is 10.9 Å². The fraction of sp³-hybridized carbons (Fsp3) is 0.200. The van der Waals surface area contributed by atoms with Crippen LogP contribution < -0.4 is 16.1 Å². The number of benzene rings is 1. The first-order chi connectivity index (χ1) is 7.13. The SMILES string of the molecule is COc1ccc2c(c1)c(=O)oc(=O)n2C. The molecule has 0 spiro atoms. The van der Waals surface area contributed by atoms with E-state index in [4.69, 9.17) is 4.74 Å². The van der Waals surface area contributed by atoms with Crippen LogP contribution in [0.3, 0.4) is 0 Å². The van der Waals surface area contributed by atoms with Crippen LogP contribution >= 0.6 is 0 Å². The maximum Gasteiger partial charge on any atom is 0.422 e. The molecule has 0 aliphatic rings. The van der Waals surface area contributed by atoms with E-state index in [1.165, 1.54) is 11.7 Å². The Morgan fingerprint density at radius 2 is 2.07 bits per heavy atom. The van der Waals surface area contributed by atoms with E-state index in [0.717, 1.165) is 0 Å². The van der Waals surface area contributed by atoms with Crippen LogP contribution in [-0.2, 0) is 7.05 Å². The summed E-state index contributed by atoms with van der Waals surface area (Å²) in [5.41, 5.74) is -0.121. The molecule has 15 heavy (non-hydrogen) atoms. The van der Waals surface area contributed by atoms with Crippen LogP contribution in [0.15, 0.2) is 32.2 Å². The topological polar surface area (TPSA) is 61.4 Å². The van der Waals surface area contributed by atoms with Gasteiger partial charge in [-0.15, -0.1) is 0 Å². The van der Waals surface area contributed by atoms with E-state index in [1.54, 1.807) is 25.2 Å². The molecular formula is C10H9NO4. The van der Waals surface area contributed by atoms with Crippen molar-refractivity contribution in [2.75, 3.05) is 7.11 Å². The van der Waals surface area contributed by atoms with Crippen LogP contribution in [0.5, 0.6) is 5.75 Å². The highest BCUT2D eigenvalue weighted by Crippen LogP contribution is 2.15. The summed E-state index contributed by atoms with van der Waals surface area (Å²) < 4.78 is 10.8. The van der Waals surface area contributed by atoms with Crippen LogP contribution in [0.25, 0.3) is 10.9 Å². The molecule has 0 saturated heterocycles. The van der Waals surface area contributed by atoms with Crippen molar-refractivity contribution in [1.82, 2.24) is 4.57 Å². The van der Waals surface area contributed by atoms with Crippen LogP contribution in [0.1, 0.15) is 0 Å². The molecule has 78 valence electrons. The molecule has 0 atom stereocenters. The summed E-state index contributed by atoms with van der Waals surface area (Å²) in [6.07, 6.45) is 0. The molecule has 2 aromatic rings. The molecule has 1 aromatic heterocycles. The first-order valence-electron chi connectivity index (χ1n) is 4.31. The lowest BCUT2D eigenvalue weighted by atomic mass is 10.2. The van der Waals surface area contributed by atoms with Crippen molar-refractivity contribution in [1.29, 1.82) is 0 Å². The lowest BCUT2D eigenvalue weighted by molar-refractivity contribution is 0.413. The molecule has 0 unspecified atom stereocenters. The van der Waals surface area contributed by atoms with Crippen molar-refractivity contribution < 1.29 is 9.15 Å². The normalized spacial score (nSPS) is 10.5. The van der Waals surface area contributed by atoms with E-state index >= 15 is 0 Å². The number of hydrogen-bond acceptors (Lipinski definition) is 4. The van der Waals surface area contributed by atoms with Gasteiger partial charge in [0.25, 0.3) is 0 Å². The number of rotatable bonds is 1. The van der Waals surface area contributed by atoms with Gasteiger partial charge in [-0.2, -0.15) is 0 Å². The second-order valence-corrected chi connectivity index (χ2v) is 3.10. The summed E-state index contributed by atoms with van der Waals surface area (Å²) in [4.78, 5) is 22.6. The predicted octanol–water partition coefficient (Wildman–Crippen LogP) is 0.500. The maximum atomic E-state index is 11.4. The van der Waals surface area contributed by atoms with Crippen molar-refractivity contribution in [2.45, 2.75) is 0 Å². The fourth-order valence-corrected chi connectivity index (χ4v) is 1.40. The zero-order valence-electron chi connectivity index (χ0n) is 8.31. The highest BCUT2D eigenvalue weighted by atomic mass is 16.5. The summed E-state index contributed by atoms with van der Waals surface area (Å²) in [6, 6.07) is 4.87. The van der Waals surface area contributed by atoms with E-state index in [1.807, 2.05) is 0 Å². The van der Waals surface area contributed by atoms with E-state index in [0.29, 0.717) is 16.7 Å². The average Bonchev–Trinajstić information content (AvgIpc) is 2.25. The van der Waals surface area contributed by atoms with Gasteiger partial charge in [-0.1, -0.05) is 0 Å². The second kappa shape index (κ2) is 3.27. The number of aryl methyl sites for hydroxylation is 1. The summed E-state index contributed by atoms with van der Waals surface area (Å²) in [5, 5.41) is 0.330. The number of ether oxygens (including phenoxy) is 1. The van der Waals surface area contributed by atoms with Gasteiger partial charge in [0.15, 0.2) is 0 Å². The van der Waals surface area contributed by atoms with Crippen LogP contribution in [0, 0.1) is 0 Å². The minimum atomic E-state index is -0.669. The number of aromatic nitrogens is 1. The Morgan fingerprint density at radius 3 is 2.73 bits per heavy atom. The van der Waals surface area contributed by atoms with Gasteiger partial charge in [-0.05, 0) is 18.2 Å². The zero-order chi connectivity index (χ0) is 11.0. The van der Waals surface area contributed by atoms with Gasteiger partial charge >= 0.3 is 11.4 Å². The van der Waals surface area contributed by atoms with Gasteiger partial charge < -0.3 is 9.15 Å². The predicted molar refractivity (Wildman–Crippen MR) is 54.3 cm³/mol. The molecule has 0 aliphatic heterocycles. The average molecular weight is 207 g/mol. The summed E-state index contributed by atoms with van der Waals surface area (Å²) in [6.45, 7) is 0. The summed E-state index contributed by atoms with van der Waals surface area (Å²) >= 11 is 0. The monoisotopic (exact) mass is 207 g/mol. The number of hydrogen-bond donors (Lipinski definition) is 0. The lowest BCUT2D eigenvalue weighted by Gasteiger charge is -2.03. The van der Waals surface area contributed by atoms with Gasteiger partial charge in [0.2, 0.25) is 0 Å². The molecule has 2 rings (SSSR count). The van der Waals surface area contributed by atoms with Crippen LogP contribution in [-0.4, -0.2) is 11.7 Å². The van der Waals surface area contributed by atoms with Gasteiger partial charge in [0, 0.05) is 7.05 Å². The Bertz CT molecular complexity index is 623. The van der Waals surface area contributed by atoms with E-state index < -0.39 is 11.4 Å². The summed E-state index contributed by atoms with van der Waals surface area (Å²) in [5.74, 6) is -0.119. The molecule has 0 saturated carbocycles. The quantitative estimate of drug-likeness (QED) is 0.683. The smallest absolute Gasteiger partial charge is 0.422 e. The van der Waals surface area contributed by atoms with E-state index in [2.05, 4.69) is 4.42 Å². The van der Waals surface area contributed by atoms with Crippen LogP contribution in [0.4, 0.5) is 0 Å². The van der Waals surface area contributed by atoms with Gasteiger partial charge in [0.1, 0.15) is 5.75 Å². The fourth-order valence-electron chi connectivity index (χ4n) is 1.40. The molecule has 0 radical (unpaired) electrons. The van der Waals surface area contributed by atoms with Crippen molar-refractivity contribution in [3.63, 3.8) is 0 Å². The van der Waals surface area contributed by atoms with Gasteiger partial charge in [-0.25, -0.2) is 9.59 Å². The Hall–Kier alpha value is -2.04. The Balaban J connectivity index is 2.96. The van der Waals surface area contributed by atoms with E-state index in [-0.39, 0.29) is 0 Å². The highest BCUT2D eigenvalue weighted by molar-refractivity contribution is 5.79. The molecule has 0 N–H and O–H groups in total. The standard InChI is InChI=1S/C10H9NO4/c1-11-8-4-3-6(14-2)5-7(8)9(12)15-10(11)13/h3-5H,1-2H3. The zero-order valence-corrected chi connectivity index (χ0v) is 8.31. The molecule has 0 aliphatic carbocycles. The van der Waals surface area contributed by atoms with Crippen molar-refractivity contribution in [3.8, 4) is 5.75 Å². The molecule has 0 amide bonds. The summed E-state index contributed by atoms with van der Waals surface area (Å²) in [7, 11) is 3.05. The molecule has 0 bridgehead atoms. The molecule has 5 nitrogen and oxygen atoms in total. The lowest BCUT2D eigenvalue weighted by Crippen LogP contribution is -2.22. The number of methoxy groups -OCH3 is 1. The second-order valence-electron chi connectivity index (χ2n) is 3.10. The molecular weight excluding hydrogens is 198 g/mol. The van der Waals surface area contributed by atoms with E-state index in [9.17, 15) is 9.59 Å². The number of fused-ring (bicyclic) bond motifs is 1. The van der Waals surface area contributed by atoms with Crippen molar-refractivity contribution in [2.24, 2.45) is 7.05 Å². The third-order valence-electron chi connectivity index (χ3n) is 2.24. The molecule has 5 heteroatoms. The minimum absolute atomic E-state index is 0.330. The van der Waals surface area contributed by atoms with Crippen LogP contribution in [0.2, 0.25) is 0 Å². The van der Waals surface area contributed by atoms with Gasteiger partial charge in [-0.3, -0.25) is 4.57 Å². The first kappa shape index (κ1) is 9.51. The molecule has 1 aromatic carbocycles. The Kier molecular flexibility index (Phi) is 2.07. The molecule has 0 fully saturated rings. The first-order valence-corrected chi connectivity index (χ1v) is 4.31. The Labute approximate surface area is 84.5 Å². The number of nitrogens with zero attached hydrogens (tertiary/aromatic N) is 1. The largest absolute Gasteiger partial charge is 0.497 e. The highest BCUT2D eigenvalue weighted by Gasteiger charge is 2.07. The third kappa shape index (κ3) is 1.41. The van der Waals surface area contributed by atoms with Gasteiger partial charge in [0.05, 0.1) is 18.0 Å². The molecule has 1 heterocycles. The van der Waals surface area contributed by atoms with Crippen molar-refractivity contribution in [3.05, 3.63) is 39.2 Å².